The maximum absolute atomic E-state index is 12.4. The molecule has 0 bridgehead atoms. The molecule has 0 aliphatic rings. The van der Waals surface area contributed by atoms with Crippen molar-refractivity contribution in [2.75, 3.05) is 7.05 Å². The first-order chi connectivity index (χ1) is 4.09. The van der Waals surface area contributed by atoms with Gasteiger partial charge in [-0.1, -0.05) is 11.6 Å². The van der Waals surface area contributed by atoms with E-state index in [1.165, 1.54) is 6.92 Å². The predicted molar refractivity (Wildman–Crippen MR) is 36.4 cm³/mol. The van der Waals surface area contributed by atoms with Gasteiger partial charge in [0.2, 0.25) is 0 Å². The van der Waals surface area contributed by atoms with Gasteiger partial charge in [0.05, 0.1) is 0 Å². The molecule has 0 aromatic rings. The van der Waals surface area contributed by atoms with Gasteiger partial charge in [-0.2, -0.15) is 0 Å². The lowest BCUT2D eigenvalue weighted by atomic mass is 10.4. The van der Waals surface area contributed by atoms with E-state index in [1.54, 1.807) is 7.05 Å². The molecule has 0 aliphatic carbocycles. The minimum absolute atomic E-state index is 0.273. The van der Waals surface area contributed by atoms with Gasteiger partial charge in [0.15, 0.2) is 11.0 Å². The first-order valence-corrected chi connectivity index (χ1v) is 2.76. The van der Waals surface area contributed by atoms with E-state index in [1.807, 2.05) is 0 Å². The summed E-state index contributed by atoms with van der Waals surface area (Å²) in [6.07, 6.45) is 0. The van der Waals surface area contributed by atoms with E-state index in [0.717, 1.165) is 0 Å². The molecule has 0 spiro atoms. The minimum Gasteiger partial charge on any atom is -0.389 e. The SMILES string of the molecule is CN/C(C)=C(\F)C(=N)Cl. The summed E-state index contributed by atoms with van der Waals surface area (Å²) >= 11 is 5.01. The summed E-state index contributed by atoms with van der Waals surface area (Å²) in [5, 5.41) is 8.58. The highest BCUT2D eigenvalue weighted by Crippen LogP contribution is 2.05. The van der Waals surface area contributed by atoms with Gasteiger partial charge in [0.1, 0.15) is 0 Å². The fraction of sp³-hybridized carbons (Fsp3) is 0.400. The summed E-state index contributed by atoms with van der Waals surface area (Å²) in [7, 11) is 1.56. The van der Waals surface area contributed by atoms with Crippen molar-refractivity contribution < 1.29 is 4.39 Å². The van der Waals surface area contributed by atoms with E-state index in [9.17, 15) is 4.39 Å². The highest BCUT2D eigenvalue weighted by atomic mass is 35.5. The summed E-state index contributed by atoms with van der Waals surface area (Å²) in [5.74, 6) is -0.709. The number of halogens is 2. The highest BCUT2D eigenvalue weighted by molar-refractivity contribution is 6.68. The third kappa shape index (κ3) is 2.46. The Morgan fingerprint density at radius 2 is 2.11 bits per heavy atom. The lowest BCUT2D eigenvalue weighted by Gasteiger charge is -1.98. The summed E-state index contributed by atoms with van der Waals surface area (Å²) < 4.78 is 12.4. The summed E-state index contributed by atoms with van der Waals surface area (Å²) in [6, 6.07) is 0. The first-order valence-electron chi connectivity index (χ1n) is 2.38. The van der Waals surface area contributed by atoms with Gasteiger partial charge < -0.3 is 5.32 Å². The molecular formula is C5H8ClFN2. The van der Waals surface area contributed by atoms with Crippen molar-refractivity contribution in [3.8, 4) is 0 Å². The molecule has 52 valence electrons. The van der Waals surface area contributed by atoms with E-state index in [0.29, 0.717) is 0 Å². The normalized spacial score (nSPS) is 12.4. The molecule has 0 heterocycles. The molecule has 0 rings (SSSR count). The zero-order valence-electron chi connectivity index (χ0n) is 5.26. The first kappa shape index (κ1) is 8.43. The Morgan fingerprint density at radius 3 is 2.22 bits per heavy atom. The second-order valence-corrected chi connectivity index (χ2v) is 1.88. The molecule has 0 radical (unpaired) electrons. The molecule has 0 atom stereocenters. The van der Waals surface area contributed by atoms with E-state index in [2.05, 4.69) is 5.32 Å². The molecule has 0 unspecified atom stereocenters. The van der Waals surface area contributed by atoms with Crippen molar-refractivity contribution in [3.63, 3.8) is 0 Å². The standard InChI is InChI=1S/C5H8ClFN2/c1-3(9-2)4(7)5(6)8/h8-9H,1-2H3/b4-3-,8-5?. The van der Waals surface area contributed by atoms with Crippen molar-refractivity contribution in [2.24, 2.45) is 0 Å². The van der Waals surface area contributed by atoms with Crippen LogP contribution in [0.3, 0.4) is 0 Å². The number of nitrogens with one attached hydrogen (secondary N) is 2. The van der Waals surface area contributed by atoms with Gasteiger partial charge in [-0.05, 0) is 6.92 Å². The third-order valence-electron chi connectivity index (χ3n) is 0.897. The van der Waals surface area contributed by atoms with Crippen LogP contribution < -0.4 is 5.32 Å². The zero-order valence-corrected chi connectivity index (χ0v) is 6.01. The third-order valence-corrected chi connectivity index (χ3v) is 1.06. The molecule has 4 heteroatoms. The van der Waals surface area contributed by atoms with Crippen LogP contribution in [-0.4, -0.2) is 12.2 Å². The Morgan fingerprint density at radius 1 is 1.67 bits per heavy atom. The van der Waals surface area contributed by atoms with E-state index in [-0.39, 0.29) is 5.70 Å². The van der Waals surface area contributed by atoms with Gasteiger partial charge >= 0.3 is 0 Å². The van der Waals surface area contributed by atoms with Gasteiger partial charge in [-0.15, -0.1) is 0 Å². The smallest absolute Gasteiger partial charge is 0.178 e. The van der Waals surface area contributed by atoms with Crippen LogP contribution in [0.15, 0.2) is 11.5 Å². The van der Waals surface area contributed by atoms with Crippen LogP contribution in [0.5, 0.6) is 0 Å². The number of rotatable bonds is 2. The van der Waals surface area contributed by atoms with Crippen LogP contribution >= 0.6 is 11.6 Å². The Bertz CT molecular complexity index is 153. The maximum atomic E-state index is 12.4. The topological polar surface area (TPSA) is 35.9 Å². The summed E-state index contributed by atoms with van der Waals surface area (Å²) in [4.78, 5) is 0. The number of allylic oxidation sites excluding steroid dienone is 2. The molecule has 0 saturated heterocycles. The summed E-state index contributed by atoms with van der Waals surface area (Å²) in [6.45, 7) is 1.51. The maximum Gasteiger partial charge on any atom is 0.178 e. The molecule has 0 fully saturated rings. The molecule has 2 nitrogen and oxygen atoms in total. The van der Waals surface area contributed by atoms with Gasteiger partial charge in [0.25, 0.3) is 0 Å². The molecule has 0 aromatic carbocycles. The van der Waals surface area contributed by atoms with Crippen LogP contribution in [0, 0.1) is 5.41 Å². The molecule has 2 N–H and O–H groups in total. The number of hydrogen-bond donors (Lipinski definition) is 2. The van der Waals surface area contributed by atoms with E-state index in [4.69, 9.17) is 17.0 Å². The zero-order chi connectivity index (χ0) is 7.44. The van der Waals surface area contributed by atoms with Crippen molar-refractivity contribution in [3.05, 3.63) is 11.5 Å². The van der Waals surface area contributed by atoms with Crippen molar-refractivity contribution in [1.29, 1.82) is 5.41 Å². The van der Waals surface area contributed by atoms with Crippen LogP contribution in [0.2, 0.25) is 0 Å². The van der Waals surface area contributed by atoms with Gasteiger partial charge in [-0.25, -0.2) is 4.39 Å². The average molecular weight is 151 g/mol. The Labute approximate surface area is 58.2 Å². The van der Waals surface area contributed by atoms with Crippen molar-refractivity contribution >= 4 is 16.8 Å². The largest absolute Gasteiger partial charge is 0.389 e. The van der Waals surface area contributed by atoms with E-state index < -0.39 is 11.0 Å². The van der Waals surface area contributed by atoms with Crippen molar-refractivity contribution in [1.82, 2.24) is 5.32 Å². The fourth-order valence-electron chi connectivity index (χ4n) is 0.274. The summed E-state index contributed by atoms with van der Waals surface area (Å²) in [5.41, 5.74) is 0.273. The lowest BCUT2D eigenvalue weighted by molar-refractivity contribution is 0.657. The predicted octanol–water partition coefficient (Wildman–Crippen LogP) is 1.62. The fourth-order valence-corrected chi connectivity index (χ4v) is 0.416. The number of hydrogen-bond acceptors (Lipinski definition) is 2. The Balaban J connectivity index is 4.28. The molecule has 0 saturated carbocycles. The van der Waals surface area contributed by atoms with Gasteiger partial charge in [0, 0.05) is 12.7 Å². The molecule has 9 heavy (non-hydrogen) atoms. The molecular weight excluding hydrogens is 143 g/mol. The second kappa shape index (κ2) is 3.45. The van der Waals surface area contributed by atoms with Crippen molar-refractivity contribution in [2.45, 2.75) is 6.92 Å². The molecule has 0 aromatic heterocycles. The van der Waals surface area contributed by atoms with Crippen LogP contribution in [0.4, 0.5) is 4.39 Å². The molecule has 0 amide bonds. The highest BCUT2D eigenvalue weighted by Gasteiger charge is 2.02. The van der Waals surface area contributed by atoms with E-state index >= 15 is 0 Å². The average Bonchev–Trinajstić information content (AvgIpc) is 1.84. The quantitative estimate of drug-likeness (QED) is 0.577. The van der Waals surface area contributed by atoms with Crippen LogP contribution in [-0.2, 0) is 0 Å². The van der Waals surface area contributed by atoms with Gasteiger partial charge in [-0.3, -0.25) is 5.41 Å². The Kier molecular flexibility index (Phi) is 3.24. The Hall–Kier alpha value is -0.570. The van der Waals surface area contributed by atoms with Crippen LogP contribution in [0.25, 0.3) is 0 Å². The monoisotopic (exact) mass is 150 g/mol. The minimum atomic E-state index is -0.709. The second-order valence-electron chi connectivity index (χ2n) is 1.50. The lowest BCUT2D eigenvalue weighted by Crippen LogP contribution is -2.06. The van der Waals surface area contributed by atoms with Crippen LogP contribution in [0.1, 0.15) is 6.92 Å². The molecule has 0 aliphatic heterocycles.